The SMILES string of the molecule is CCN(C)c1ccc(C2(c3ccc(N(C)CC)cc3)CCCCC2)cc1. The van der Waals surface area contributed by atoms with Crippen molar-refractivity contribution in [2.24, 2.45) is 0 Å². The van der Waals surface area contributed by atoms with Crippen molar-refractivity contribution in [1.29, 1.82) is 0 Å². The Morgan fingerprint density at radius 2 is 1.04 bits per heavy atom. The average molecular weight is 351 g/mol. The van der Waals surface area contributed by atoms with Gasteiger partial charge >= 0.3 is 0 Å². The summed E-state index contributed by atoms with van der Waals surface area (Å²) >= 11 is 0. The van der Waals surface area contributed by atoms with Crippen LogP contribution in [0.3, 0.4) is 0 Å². The van der Waals surface area contributed by atoms with Crippen LogP contribution in [0, 0.1) is 0 Å². The molecule has 2 nitrogen and oxygen atoms in total. The van der Waals surface area contributed by atoms with Crippen molar-refractivity contribution >= 4 is 11.4 Å². The summed E-state index contributed by atoms with van der Waals surface area (Å²) in [5.74, 6) is 0. The molecule has 1 fully saturated rings. The Bertz CT molecular complexity index is 626. The van der Waals surface area contributed by atoms with Crippen LogP contribution in [0.2, 0.25) is 0 Å². The Morgan fingerprint density at radius 3 is 1.38 bits per heavy atom. The van der Waals surface area contributed by atoms with E-state index in [4.69, 9.17) is 0 Å². The zero-order valence-electron chi connectivity index (χ0n) is 17.0. The van der Waals surface area contributed by atoms with Gasteiger partial charge in [0.05, 0.1) is 0 Å². The van der Waals surface area contributed by atoms with Crippen molar-refractivity contribution < 1.29 is 0 Å². The molecule has 1 aliphatic rings. The highest BCUT2D eigenvalue weighted by Crippen LogP contribution is 2.45. The van der Waals surface area contributed by atoms with Crippen LogP contribution in [0.25, 0.3) is 0 Å². The van der Waals surface area contributed by atoms with Crippen LogP contribution in [-0.4, -0.2) is 27.2 Å². The normalized spacial score (nSPS) is 16.3. The first-order chi connectivity index (χ1) is 12.6. The molecule has 0 amide bonds. The summed E-state index contributed by atoms with van der Waals surface area (Å²) in [4.78, 5) is 4.60. The highest BCUT2D eigenvalue weighted by molar-refractivity contribution is 5.53. The molecule has 0 spiro atoms. The smallest absolute Gasteiger partial charge is 0.0363 e. The molecule has 2 heteroatoms. The fraction of sp³-hybridized carbons (Fsp3) is 0.500. The second kappa shape index (κ2) is 8.16. The Morgan fingerprint density at radius 1 is 0.654 bits per heavy atom. The largest absolute Gasteiger partial charge is 0.375 e. The Hall–Kier alpha value is -1.96. The predicted molar refractivity (Wildman–Crippen MR) is 115 cm³/mol. The van der Waals surface area contributed by atoms with Crippen molar-refractivity contribution in [3.63, 3.8) is 0 Å². The first-order valence-corrected chi connectivity index (χ1v) is 10.2. The standard InChI is InChI=1S/C24H34N2/c1-5-25(3)22-14-10-20(11-15-22)24(18-8-7-9-19-24)21-12-16-23(17-13-21)26(4)6-2/h10-17H,5-9,18-19H2,1-4H3. The molecular formula is C24H34N2. The third-order valence-electron chi connectivity index (χ3n) is 6.38. The predicted octanol–water partition coefficient (Wildman–Crippen LogP) is 5.85. The first kappa shape index (κ1) is 18.8. The highest BCUT2D eigenvalue weighted by atomic mass is 15.1. The molecule has 0 aromatic heterocycles. The quantitative estimate of drug-likeness (QED) is 0.645. The van der Waals surface area contributed by atoms with Crippen molar-refractivity contribution in [3.05, 3.63) is 59.7 Å². The second-order valence-electron chi connectivity index (χ2n) is 7.76. The molecule has 1 aliphatic carbocycles. The lowest BCUT2D eigenvalue weighted by Crippen LogP contribution is -2.30. The second-order valence-corrected chi connectivity index (χ2v) is 7.76. The number of benzene rings is 2. The Kier molecular flexibility index (Phi) is 5.90. The van der Waals surface area contributed by atoms with E-state index >= 15 is 0 Å². The van der Waals surface area contributed by atoms with E-state index in [1.54, 1.807) is 0 Å². The van der Waals surface area contributed by atoms with Crippen LogP contribution in [-0.2, 0) is 5.41 Å². The van der Waals surface area contributed by atoms with Gasteiger partial charge in [-0.25, -0.2) is 0 Å². The molecule has 0 radical (unpaired) electrons. The van der Waals surface area contributed by atoms with E-state index < -0.39 is 0 Å². The van der Waals surface area contributed by atoms with E-state index in [1.165, 1.54) is 54.6 Å². The Balaban J connectivity index is 1.96. The van der Waals surface area contributed by atoms with E-state index in [0.717, 1.165) is 13.1 Å². The monoisotopic (exact) mass is 350 g/mol. The average Bonchev–Trinajstić information content (AvgIpc) is 2.73. The minimum Gasteiger partial charge on any atom is -0.375 e. The number of hydrogen-bond donors (Lipinski definition) is 0. The molecule has 0 bridgehead atoms. The van der Waals surface area contributed by atoms with Gasteiger partial charge in [-0.1, -0.05) is 43.5 Å². The molecule has 0 saturated heterocycles. The molecule has 0 atom stereocenters. The maximum Gasteiger partial charge on any atom is 0.0363 e. The maximum absolute atomic E-state index is 2.37. The molecule has 3 rings (SSSR count). The third-order valence-corrected chi connectivity index (χ3v) is 6.38. The number of nitrogens with zero attached hydrogens (tertiary/aromatic N) is 2. The summed E-state index contributed by atoms with van der Waals surface area (Å²) in [6.07, 6.45) is 6.55. The van der Waals surface area contributed by atoms with Crippen molar-refractivity contribution in [2.75, 3.05) is 37.0 Å². The van der Waals surface area contributed by atoms with E-state index in [2.05, 4.69) is 86.3 Å². The zero-order chi connectivity index (χ0) is 18.6. The van der Waals surface area contributed by atoms with E-state index in [9.17, 15) is 0 Å². The lowest BCUT2D eigenvalue weighted by molar-refractivity contribution is 0.346. The summed E-state index contributed by atoms with van der Waals surface area (Å²) in [5, 5.41) is 0. The lowest BCUT2D eigenvalue weighted by atomic mass is 9.65. The van der Waals surface area contributed by atoms with E-state index in [1.807, 2.05) is 0 Å². The molecule has 0 heterocycles. The third kappa shape index (κ3) is 3.60. The van der Waals surface area contributed by atoms with E-state index in [0.29, 0.717) is 0 Å². The van der Waals surface area contributed by atoms with Crippen molar-refractivity contribution in [3.8, 4) is 0 Å². The molecule has 140 valence electrons. The van der Waals surface area contributed by atoms with Crippen molar-refractivity contribution in [1.82, 2.24) is 0 Å². The highest BCUT2D eigenvalue weighted by Gasteiger charge is 2.35. The van der Waals surface area contributed by atoms with Crippen LogP contribution in [0.1, 0.15) is 57.1 Å². The van der Waals surface area contributed by atoms with Crippen LogP contribution in [0.4, 0.5) is 11.4 Å². The van der Waals surface area contributed by atoms with Crippen LogP contribution in [0.5, 0.6) is 0 Å². The van der Waals surface area contributed by atoms with E-state index in [-0.39, 0.29) is 5.41 Å². The molecule has 0 unspecified atom stereocenters. The van der Waals surface area contributed by atoms with Gasteiger partial charge in [-0.05, 0) is 62.1 Å². The van der Waals surface area contributed by atoms with Gasteiger partial charge in [0.1, 0.15) is 0 Å². The van der Waals surface area contributed by atoms with Gasteiger partial charge in [-0.15, -0.1) is 0 Å². The summed E-state index contributed by atoms with van der Waals surface area (Å²) in [5.41, 5.74) is 5.78. The van der Waals surface area contributed by atoms with Gasteiger partial charge in [0, 0.05) is 44.0 Å². The zero-order valence-corrected chi connectivity index (χ0v) is 17.0. The minimum atomic E-state index is 0.185. The fourth-order valence-electron chi connectivity index (χ4n) is 4.33. The topological polar surface area (TPSA) is 6.48 Å². The molecule has 2 aromatic carbocycles. The van der Waals surface area contributed by atoms with Crippen LogP contribution in [0.15, 0.2) is 48.5 Å². The van der Waals surface area contributed by atoms with Gasteiger partial charge in [0.15, 0.2) is 0 Å². The van der Waals surface area contributed by atoms with Gasteiger partial charge in [0.25, 0.3) is 0 Å². The summed E-state index contributed by atoms with van der Waals surface area (Å²) in [6, 6.07) is 18.7. The Labute approximate surface area is 159 Å². The fourth-order valence-corrected chi connectivity index (χ4v) is 4.33. The van der Waals surface area contributed by atoms with Gasteiger partial charge in [0.2, 0.25) is 0 Å². The summed E-state index contributed by atoms with van der Waals surface area (Å²) in [7, 11) is 4.32. The number of anilines is 2. The summed E-state index contributed by atoms with van der Waals surface area (Å²) in [6.45, 7) is 6.48. The van der Waals surface area contributed by atoms with Gasteiger partial charge in [-0.2, -0.15) is 0 Å². The number of hydrogen-bond acceptors (Lipinski definition) is 2. The van der Waals surface area contributed by atoms with Crippen molar-refractivity contribution in [2.45, 2.75) is 51.4 Å². The lowest BCUT2D eigenvalue weighted by Gasteiger charge is -2.39. The minimum absolute atomic E-state index is 0.185. The molecule has 2 aromatic rings. The molecule has 0 N–H and O–H groups in total. The van der Waals surface area contributed by atoms with Crippen LogP contribution < -0.4 is 9.80 Å². The number of rotatable bonds is 6. The molecule has 1 saturated carbocycles. The van der Waals surface area contributed by atoms with Gasteiger partial charge < -0.3 is 9.80 Å². The molecule has 26 heavy (non-hydrogen) atoms. The van der Waals surface area contributed by atoms with Crippen LogP contribution >= 0.6 is 0 Å². The first-order valence-electron chi connectivity index (χ1n) is 10.2. The summed E-state index contributed by atoms with van der Waals surface area (Å²) < 4.78 is 0. The molecule has 0 aliphatic heterocycles. The van der Waals surface area contributed by atoms with Gasteiger partial charge in [-0.3, -0.25) is 0 Å². The molecular weight excluding hydrogens is 316 g/mol. The maximum atomic E-state index is 2.37.